The largest absolute Gasteiger partial charge is 0.507 e. The molecule has 5 heteroatoms. The SMILES string of the molecule is Cc1cc2c(nc(-c3ccccc3O)n2-c2ccccc2)s1.[Zn]. The zero-order valence-electron chi connectivity index (χ0n) is 12.7. The molecule has 0 amide bonds. The Kier molecular flexibility index (Phi) is 4.33. The molecular formula is C18H14N2OSZn. The zero-order valence-corrected chi connectivity index (χ0v) is 16.5. The van der Waals surface area contributed by atoms with E-state index in [2.05, 4.69) is 29.7 Å². The molecule has 1 N–H and O–H groups in total. The number of para-hydroxylation sites is 2. The Bertz CT molecular complexity index is 960. The van der Waals surface area contributed by atoms with E-state index in [0.717, 1.165) is 27.4 Å². The molecule has 3 nitrogen and oxygen atoms in total. The van der Waals surface area contributed by atoms with Crippen LogP contribution in [-0.4, -0.2) is 14.7 Å². The van der Waals surface area contributed by atoms with Crippen LogP contribution in [0.4, 0.5) is 0 Å². The molecule has 0 aliphatic heterocycles. The van der Waals surface area contributed by atoms with Crippen molar-refractivity contribution in [1.82, 2.24) is 9.55 Å². The maximum atomic E-state index is 10.2. The van der Waals surface area contributed by atoms with Gasteiger partial charge in [0.05, 0.1) is 11.1 Å². The molecule has 0 bridgehead atoms. The Morgan fingerprint density at radius 3 is 2.43 bits per heavy atom. The van der Waals surface area contributed by atoms with Crippen molar-refractivity contribution in [3.8, 4) is 22.8 Å². The minimum atomic E-state index is 0. The van der Waals surface area contributed by atoms with Gasteiger partial charge in [-0.25, -0.2) is 4.98 Å². The second kappa shape index (κ2) is 6.27. The molecule has 0 fully saturated rings. The van der Waals surface area contributed by atoms with Crippen molar-refractivity contribution in [1.29, 1.82) is 0 Å². The van der Waals surface area contributed by atoms with Gasteiger partial charge in [0, 0.05) is 30.0 Å². The van der Waals surface area contributed by atoms with Crippen LogP contribution < -0.4 is 0 Å². The minimum Gasteiger partial charge on any atom is -0.507 e. The van der Waals surface area contributed by atoms with Crippen LogP contribution in [-0.2, 0) is 19.5 Å². The van der Waals surface area contributed by atoms with Gasteiger partial charge in [0.2, 0.25) is 0 Å². The van der Waals surface area contributed by atoms with E-state index < -0.39 is 0 Å². The average Bonchev–Trinajstić information content (AvgIpc) is 3.04. The molecule has 0 unspecified atom stereocenters. The van der Waals surface area contributed by atoms with Crippen LogP contribution in [0.15, 0.2) is 60.7 Å². The summed E-state index contributed by atoms with van der Waals surface area (Å²) in [5, 5.41) is 10.2. The van der Waals surface area contributed by atoms with Gasteiger partial charge in [-0.3, -0.25) is 4.57 Å². The molecule has 4 aromatic rings. The first-order chi connectivity index (χ1) is 10.7. The number of aryl methyl sites for hydroxylation is 1. The first-order valence-electron chi connectivity index (χ1n) is 7.07. The molecule has 110 valence electrons. The standard InChI is InChI=1S/C18H14N2OS.Zn/c1-12-11-15-18(22-12)19-17(14-9-5-6-10-16(14)21)20(15)13-7-3-2-4-8-13;/h2-11,21H,1H3;. The molecule has 0 saturated heterocycles. The van der Waals surface area contributed by atoms with E-state index >= 15 is 0 Å². The van der Waals surface area contributed by atoms with E-state index in [0.29, 0.717) is 0 Å². The predicted molar refractivity (Wildman–Crippen MR) is 90.8 cm³/mol. The van der Waals surface area contributed by atoms with E-state index in [1.165, 1.54) is 4.88 Å². The Balaban J connectivity index is 0.00000156. The molecule has 23 heavy (non-hydrogen) atoms. The number of fused-ring (bicyclic) bond motifs is 1. The van der Waals surface area contributed by atoms with Gasteiger partial charge in [-0.2, -0.15) is 0 Å². The summed E-state index contributed by atoms with van der Waals surface area (Å²) < 4.78 is 2.11. The summed E-state index contributed by atoms with van der Waals surface area (Å²) in [5.74, 6) is 1.01. The Morgan fingerprint density at radius 1 is 1.00 bits per heavy atom. The quantitative estimate of drug-likeness (QED) is 0.516. The summed E-state index contributed by atoms with van der Waals surface area (Å²) in [7, 11) is 0. The fraction of sp³-hybridized carbons (Fsp3) is 0.0556. The zero-order chi connectivity index (χ0) is 15.1. The molecule has 0 saturated carbocycles. The van der Waals surface area contributed by atoms with Gasteiger partial charge in [-0.05, 0) is 37.3 Å². The van der Waals surface area contributed by atoms with Crippen molar-refractivity contribution < 1.29 is 24.6 Å². The monoisotopic (exact) mass is 370 g/mol. The van der Waals surface area contributed by atoms with Gasteiger partial charge in [0.1, 0.15) is 10.6 Å². The number of phenols is 1. The molecule has 2 heterocycles. The third-order valence-corrected chi connectivity index (χ3v) is 4.57. The van der Waals surface area contributed by atoms with E-state index in [4.69, 9.17) is 4.98 Å². The number of thiophene rings is 1. The fourth-order valence-electron chi connectivity index (χ4n) is 2.67. The van der Waals surface area contributed by atoms with Gasteiger partial charge in [0.15, 0.2) is 5.82 Å². The number of hydrogen-bond donors (Lipinski definition) is 1. The molecule has 0 aliphatic rings. The van der Waals surface area contributed by atoms with E-state index in [1.807, 2.05) is 36.4 Å². The van der Waals surface area contributed by atoms with Crippen molar-refractivity contribution in [2.24, 2.45) is 0 Å². The van der Waals surface area contributed by atoms with Crippen LogP contribution in [0.5, 0.6) is 5.75 Å². The van der Waals surface area contributed by atoms with Crippen LogP contribution in [0.2, 0.25) is 0 Å². The summed E-state index contributed by atoms with van der Waals surface area (Å²) >= 11 is 1.67. The molecule has 0 spiro atoms. The molecule has 0 atom stereocenters. The number of aromatic hydroxyl groups is 1. The third kappa shape index (κ3) is 2.71. The summed E-state index contributed by atoms with van der Waals surface area (Å²) in [4.78, 5) is 6.98. The van der Waals surface area contributed by atoms with Gasteiger partial charge in [0.25, 0.3) is 0 Å². The Morgan fingerprint density at radius 2 is 1.70 bits per heavy atom. The topological polar surface area (TPSA) is 38.1 Å². The molecule has 4 rings (SSSR count). The van der Waals surface area contributed by atoms with Crippen LogP contribution in [0.1, 0.15) is 4.88 Å². The van der Waals surface area contributed by atoms with Crippen molar-refractivity contribution in [3.63, 3.8) is 0 Å². The first-order valence-corrected chi connectivity index (χ1v) is 7.88. The predicted octanol–water partition coefficient (Wildman–Crippen LogP) is 4.77. The van der Waals surface area contributed by atoms with Crippen molar-refractivity contribution in [3.05, 3.63) is 65.5 Å². The normalized spacial score (nSPS) is 10.7. The number of rotatable bonds is 2. The average molecular weight is 372 g/mol. The number of nitrogens with zero attached hydrogens (tertiary/aromatic N) is 2. The number of benzene rings is 2. The number of hydrogen-bond acceptors (Lipinski definition) is 3. The van der Waals surface area contributed by atoms with Gasteiger partial charge >= 0.3 is 0 Å². The summed E-state index contributed by atoms with van der Waals surface area (Å²) in [6.07, 6.45) is 0. The number of phenolic OH excluding ortho intramolecular Hbond substituents is 1. The number of imidazole rings is 1. The van der Waals surface area contributed by atoms with Crippen LogP contribution >= 0.6 is 11.3 Å². The summed E-state index contributed by atoms with van der Waals surface area (Å²) in [6.45, 7) is 2.08. The van der Waals surface area contributed by atoms with E-state index in [-0.39, 0.29) is 25.2 Å². The van der Waals surface area contributed by atoms with Crippen LogP contribution in [0.25, 0.3) is 27.4 Å². The third-order valence-electron chi connectivity index (χ3n) is 3.64. The second-order valence-electron chi connectivity index (χ2n) is 5.17. The minimum absolute atomic E-state index is 0. The maximum absolute atomic E-state index is 10.2. The van der Waals surface area contributed by atoms with Gasteiger partial charge in [-0.15, -0.1) is 11.3 Å². The van der Waals surface area contributed by atoms with Crippen molar-refractivity contribution in [2.75, 3.05) is 0 Å². The molecular weight excluding hydrogens is 358 g/mol. The summed E-state index contributed by atoms with van der Waals surface area (Å²) in [6, 6.07) is 19.6. The molecule has 2 aromatic carbocycles. The molecule has 2 aromatic heterocycles. The van der Waals surface area contributed by atoms with E-state index in [9.17, 15) is 5.11 Å². The Labute approximate surface area is 151 Å². The van der Waals surface area contributed by atoms with E-state index in [1.54, 1.807) is 17.4 Å². The van der Waals surface area contributed by atoms with Crippen LogP contribution in [0, 0.1) is 6.92 Å². The fourth-order valence-corrected chi connectivity index (χ4v) is 3.53. The smallest absolute Gasteiger partial charge is 0.150 e. The first kappa shape index (κ1) is 15.9. The second-order valence-corrected chi connectivity index (χ2v) is 6.41. The maximum Gasteiger partial charge on any atom is 0.150 e. The van der Waals surface area contributed by atoms with Crippen molar-refractivity contribution in [2.45, 2.75) is 6.92 Å². The van der Waals surface area contributed by atoms with Crippen molar-refractivity contribution >= 4 is 21.7 Å². The van der Waals surface area contributed by atoms with Gasteiger partial charge < -0.3 is 5.11 Å². The molecule has 0 radical (unpaired) electrons. The van der Waals surface area contributed by atoms with Gasteiger partial charge in [-0.1, -0.05) is 30.3 Å². The Hall–Kier alpha value is -1.97. The summed E-state index contributed by atoms with van der Waals surface area (Å²) in [5.41, 5.74) is 2.86. The van der Waals surface area contributed by atoms with Crippen LogP contribution in [0.3, 0.4) is 0 Å². The number of aromatic nitrogens is 2. The molecule has 0 aliphatic carbocycles.